The lowest BCUT2D eigenvalue weighted by atomic mass is 10.4. The van der Waals surface area contributed by atoms with E-state index < -0.39 is 0 Å². The number of H-pyrrole nitrogens is 1. The number of nitrogens with one attached hydrogen (secondary N) is 1. The molecule has 11 heavy (non-hydrogen) atoms. The number of aryl methyl sites for hydroxylation is 1. The minimum atomic E-state index is 0.464. The zero-order valence-corrected chi connectivity index (χ0v) is 7.83. The molecule has 4 heteroatoms. The van der Waals surface area contributed by atoms with Crippen molar-refractivity contribution in [2.24, 2.45) is 0 Å². The van der Waals surface area contributed by atoms with E-state index in [0.29, 0.717) is 10.3 Å². The SMILES string of the molecule is CC.Cc1[nH]cnc(=S)c1N. The molecule has 0 saturated heterocycles. The second-order valence-electron chi connectivity index (χ2n) is 1.75. The summed E-state index contributed by atoms with van der Waals surface area (Å²) in [7, 11) is 0. The summed E-state index contributed by atoms with van der Waals surface area (Å²) in [4.78, 5) is 6.61. The van der Waals surface area contributed by atoms with Crippen molar-refractivity contribution in [3.05, 3.63) is 16.7 Å². The van der Waals surface area contributed by atoms with Crippen molar-refractivity contribution in [2.75, 3.05) is 5.73 Å². The van der Waals surface area contributed by atoms with Crippen LogP contribution in [0, 0.1) is 11.6 Å². The second kappa shape index (κ2) is 4.85. The maximum Gasteiger partial charge on any atom is 0.152 e. The molecule has 1 rings (SSSR count). The molecule has 1 aromatic heterocycles. The summed E-state index contributed by atoms with van der Waals surface area (Å²) in [6, 6.07) is 0. The van der Waals surface area contributed by atoms with E-state index in [9.17, 15) is 0 Å². The Hall–Kier alpha value is -0.900. The van der Waals surface area contributed by atoms with Crippen LogP contribution in [-0.2, 0) is 0 Å². The molecule has 62 valence electrons. The summed E-state index contributed by atoms with van der Waals surface area (Å²) in [6.45, 7) is 5.85. The van der Waals surface area contributed by atoms with Crippen LogP contribution in [0.15, 0.2) is 6.33 Å². The van der Waals surface area contributed by atoms with Crippen molar-refractivity contribution in [1.82, 2.24) is 9.97 Å². The predicted octanol–water partition coefficient (Wildman–Crippen LogP) is 2.06. The molecule has 0 saturated carbocycles. The van der Waals surface area contributed by atoms with Crippen LogP contribution < -0.4 is 5.73 Å². The highest BCUT2D eigenvalue weighted by atomic mass is 32.1. The largest absolute Gasteiger partial charge is 0.395 e. The highest BCUT2D eigenvalue weighted by Gasteiger charge is 1.91. The zero-order chi connectivity index (χ0) is 8.85. The molecule has 1 heterocycles. The Balaban J connectivity index is 0.000000461. The van der Waals surface area contributed by atoms with Gasteiger partial charge in [0.15, 0.2) is 4.64 Å². The molecule has 0 unspecified atom stereocenters. The van der Waals surface area contributed by atoms with E-state index in [1.807, 2.05) is 20.8 Å². The molecule has 0 atom stereocenters. The van der Waals surface area contributed by atoms with Crippen LogP contribution in [0.2, 0.25) is 0 Å². The topological polar surface area (TPSA) is 54.7 Å². The molecule has 0 aliphatic rings. The maximum atomic E-state index is 5.48. The average molecular weight is 171 g/mol. The smallest absolute Gasteiger partial charge is 0.152 e. The van der Waals surface area contributed by atoms with E-state index in [2.05, 4.69) is 9.97 Å². The third kappa shape index (κ3) is 2.67. The fourth-order valence-electron chi connectivity index (χ4n) is 0.495. The molecule has 0 radical (unpaired) electrons. The van der Waals surface area contributed by atoms with Gasteiger partial charge in [-0.3, -0.25) is 0 Å². The Morgan fingerprint density at radius 1 is 1.55 bits per heavy atom. The normalized spacial score (nSPS) is 8.27. The first-order chi connectivity index (χ1) is 5.22. The molecule has 0 bridgehead atoms. The van der Waals surface area contributed by atoms with Gasteiger partial charge in [0, 0.05) is 5.69 Å². The Labute approximate surface area is 71.7 Å². The highest BCUT2D eigenvalue weighted by molar-refractivity contribution is 7.71. The van der Waals surface area contributed by atoms with Gasteiger partial charge in [0.25, 0.3) is 0 Å². The Kier molecular flexibility index (Phi) is 4.45. The van der Waals surface area contributed by atoms with Crippen LogP contribution in [-0.4, -0.2) is 9.97 Å². The van der Waals surface area contributed by atoms with Gasteiger partial charge in [-0.15, -0.1) is 0 Å². The van der Waals surface area contributed by atoms with Crippen LogP contribution in [0.4, 0.5) is 5.69 Å². The molecule has 3 N–H and O–H groups in total. The summed E-state index contributed by atoms with van der Waals surface area (Å²) < 4.78 is 0.464. The molecule has 0 fully saturated rings. The van der Waals surface area contributed by atoms with Crippen LogP contribution >= 0.6 is 12.2 Å². The molecular formula is C7H13N3S. The van der Waals surface area contributed by atoms with Crippen LogP contribution in [0.1, 0.15) is 19.5 Å². The first-order valence-corrected chi connectivity index (χ1v) is 3.92. The number of rotatable bonds is 0. The van der Waals surface area contributed by atoms with Gasteiger partial charge in [-0.2, -0.15) is 0 Å². The maximum absolute atomic E-state index is 5.48. The molecule has 0 aliphatic heterocycles. The van der Waals surface area contributed by atoms with E-state index >= 15 is 0 Å². The van der Waals surface area contributed by atoms with E-state index in [0.717, 1.165) is 5.69 Å². The van der Waals surface area contributed by atoms with Gasteiger partial charge >= 0.3 is 0 Å². The van der Waals surface area contributed by atoms with Crippen molar-refractivity contribution in [3.63, 3.8) is 0 Å². The van der Waals surface area contributed by atoms with Crippen molar-refractivity contribution in [2.45, 2.75) is 20.8 Å². The van der Waals surface area contributed by atoms with Crippen LogP contribution in [0.25, 0.3) is 0 Å². The van der Waals surface area contributed by atoms with E-state index in [4.69, 9.17) is 18.0 Å². The zero-order valence-electron chi connectivity index (χ0n) is 7.01. The molecular weight excluding hydrogens is 158 g/mol. The summed E-state index contributed by atoms with van der Waals surface area (Å²) in [6.07, 6.45) is 1.54. The van der Waals surface area contributed by atoms with E-state index in [-0.39, 0.29) is 0 Å². The van der Waals surface area contributed by atoms with Crippen molar-refractivity contribution in [3.8, 4) is 0 Å². The van der Waals surface area contributed by atoms with Gasteiger partial charge in [-0.05, 0) is 6.92 Å². The van der Waals surface area contributed by atoms with Crippen LogP contribution in [0.5, 0.6) is 0 Å². The number of hydrogen-bond donors (Lipinski definition) is 2. The standard InChI is InChI=1S/C5H7N3S.C2H6/c1-3-4(6)5(9)8-2-7-3;1-2/h2H,6H2,1H3,(H,7,8,9);1-2H3. The van der Waals surface area contributed by atoms with Gasteiger partial charge in [-0.25, -0.2) is 4.98 Å². The third-order valence-electron chi connectivity index (χ3n) is 1.10. The minimum Gasteiger partial charge on any atom is -0.395 e. The Bertz CT molecular complexity index is 267. The number of hydrogen-bond acceptors (Lipinski definition) is 3. The number of nitrogens with zero attached hydrogens (tertiary/aromatic N) is 1. The quantitative estimate of drug-likeness (QED) is 0.587. The highest BCUT2D eigenvalue weighted by Crippen LogP contribution is 2.04. The number of aromatic amines is 1. The minimum absolute atomic E-state index is 0.464. The molecule has 0 aromatic carbocycles. The monoisotopic (exact) mass is 171 g/mol. The average Bonchev–Trinajstić information content (AvgIpc) is 2.04. The lowest BCUT2D eigenvalue weighted by molar-refractivity contribution is 1.10. The third-order valence-corrected chi connectivity index (χ3v) is 1.42. The Morgan fingerprint density at radius 3 is 2.45 bits per heavy atom. The molecule has 3 nitrogen and oxygen atoms in total. The molecule has 0 amide bonds. The lowest BCUT2D eigenvalue weighted by Crippen LogP contribution is -1.94. The van der Waals surface area contributed by atoms with Gasteiger partial charge < -0.3 is 10.7 Å². The number of anilines is 1. The summed E-state index contributed by atoms with van der Waals surface area (Å²) >= 11 is 4.78. The number of nitrogens with two attached hydrogens (primary N) is 1. The first-order valence-electron chi connectivity index (χ1n) is 3.51. The van der Waals surface area contributed by atoms with E-state index in [1.165, 1.54) is 6.33 Å². The van der Waals surface area contributed by atoms with Crippen molar-refractivity contribution in [1.29, 1.82) is 0 Å². The van der Waals surface area contributed by atoms with Crippen molar-refractivity contribution < 1.29 is 0 Å². The molecule has 0 aliphatic carbocycles. The molecule has 1 aromatic rings. The summed E-state index contributed by atoms with van der Waals surface area (Å²) in [5, 5.41) is 0. The van der Waals surface area contributed by atoms with Gasteiger partial charge in [0.05, 0.1) is 12.0 Å². The van der Waals surface area contributed by atoms with Crippen LogP contribution in [0.3, 0.4) is 0 Å². The Morgan fingerprint density at radius 2 is 2.09 bits per heavy atom. The lowest BCUT2D eigenvalue weighted by Gasteiger charge is -1.95. The van der Waals surface area contributed by atoms with E-state index in [1.54, 1.807) is 0 Å². The molecule has 0 spiro atoms. The fraction of sp³-hybridized carbons (Fsp3) is 0.429. The predicted molar refractivity (Wildman–Crippen MR) is 49.9 cm³/mol. The van der Waals surface area contributed by atoms with Crippen molar-refractivity contribution >= 4 is 17.9 Å². The van der Waals surface area contributed by atoms with Gasteiger partial charge in [0.2, 0.25) is 0 Å². The summed E-state index contributed by atoms with van der Waals surface area (Å²) in [5.74, 6) is 0. The van der Waals surface area contributed by atoms with Gasteiger partial charge in [-0.1, -0.05) is 26.1 Å². The number of aromatic nitrogens is 2. The van der Waals surface area contributed by atoms with Gasteiger partial charge in [0.1, 0.15) is 0 Å². The second-order valence-corrected chi connectivity index (χ2v) is 2.13. The summed E-state index contributed by atoms with van der Waals surface area (Å²) in [5.41, 5.74) is 6.92. The fourth-order valence-corrected chi connectivity index (χ4v) is 0.701. The first kappa shape index (κ1) is 10.1. The number of nitrogen functional groups attached to an aromatic ring is 1.